The quantitative estimate of drug-likeness (QED) is 0.631. The molecule has 6 nitrogen and oxygen atoms in total. The Labute approximate surface area is 163 Å². The van der Waals surface area contributed by atoms with Gasteiger partial charge >= 0.3 is 0 Å². The van der Waals surface area contributed by atoms with Crippen LogP contribution in [0.2, 0.25) is 0 Å². The summed E-state index contributed by atoms with van der Waals surface area (Å²) in [5.41, 5.74) is 7.76. The summed E-state index contributed by atoms with van der Waals surface area (Å²) in [6, 6.07) is 19.1. The smallest absolute Gasteiger partial charge is 0.237 e. The normalized spacial score (nSPS) is 10.6. The second-order valence-corrected chi connectivity index (χ2v) is 6.33. The number of carbonyl (C=O) groups is 1. The van der Waals surface area contributed by atoms with Crippen molar-refractivity contribution in [3.05, 3.63) is 60.7 Å². The summed E-state index contributed by atoms with van der Waals surface area (Å²) in [6.07, 6.45) is 0. The van der Waals surface area contributed by atoms with Gasteiger partial charge in [-0.2, -0.15) is 5.10 Å². The van der Waals surface area contributed by atoms with Gasteiger partial charge in [0.05, 0.1) is 12.2 Å². The van der Waals surface area contributed by atoms with Crippen molar-refractivity contribution < 1.29 is 9.53 Å². The van der Waals surface area contributed by atoms with Crippen LogP contribution in [-0.4, -0.2) is 40.1 Å². The van der Waals surface area contributed by atoms with Crippen molar-refractivity contribution >= 4 is 23.3 Å². The molecule has 2 aromatic carbocycles. The van der Waals surface area contributed by atoms with E-state index in [9.17, 15) is 4.79 Å². The number of rotatable bonds is 7. The van der Waals surface area contributed by atoms with Gasteiger partial charge in [0.15, 0.2) is 0 Å². The van der Waals surface area contributed by atoms with E-state index in [1.165, 1.54) is 0 Å². The number of carbonyl (C=O) groups excluding carboxylic acids is 1. The number of aromatic nitrogens is 2. The first-order chi connectivity index (χ1) is 13.1. The fraction of sp³-hybridized carbons (Fsp3) is 0.200. The number of nitrogens with two attached hydrogens (primary N) is 1. The van der Waals surface area contributed by atoms with E-state index in [4.69, 9.17) is 22.1 Å². The Balaban J connectivity index is 1.67. The summed E-state index contributed by atoms with van der Waals surface area (Å²) >= 11 is 5.56. The fourth-order valence-corrected chi connectivity index (χ4v) is 2.75. The number of benzene rings is 2. The number of hydrogen-bond acceptors (Lipinski definition) is 4. The molecular weight excluding hydrogens is 364 g/mol. The number of nitrogen functional groups attached to an aromatic ring is 1. The molecule has 3 aromatic rings. The van der Waals surface area contributed by atoms with Crippen molar-refractivity contribution in [2.24, 2.45) is 0 Å². The van der Waals surface area contributed by atoms with Crippen molar-refractivity contribution in [1.29, 1.82) is 0 Å². The maximum Gasteiger partial charge on any atom is 0.237 e. The Kier molecular flexibility index (Phi) is 5.98. The highest BCUT2D eigenvalue weighted by Gasteiger charge is 2.11. The first-order valence-electron chi connectivity index (χ1n) is 8.53. The van der Waals surface area contributed by atoms with Crippen molar-refractivity contribution in [2.75, 3.05) is 25.2 Å². The molecule has 1 aromatic heterocycles. The number of ether oxygens (including phenoxy) is 1. The van der Waals surface area contributed by atoms with Gasteiger partial charge in [-0.05, 0) is 36.4 Å². The Hall–Kier alpha value is -2.99. The van der Waals surface area contributed by atoms with Gasteiger partial charge < -0.3 is 15.4 Å². The molecule has 0 aliphatic heterocycles. The van der Waals surface area contributed by atoms with Crippen LogP contribution in [-0.2, 0) is 11.3 Å². The second-order valence-electron chi connectivity index (χ2n) is 6.07. The lowest BCUT2D eigenvalue weighted by molar-refractivity contribution is -0.127. The van der Waals surface area contributed by atoms with Crippen LogP contribution in [0.15, 0.2) is 60.7 Å². The van der Waals surface area contributed by atoms with Crippen LogP contribution in [0, 0.1) is 0 Å². The highest BCUT2D eigenvalue weighted by Crippen LogP contribution is 2.26. The second kappa shape index (κ2) is 8.60. The molecule has 2 N–H and O–H groups in total. The van der Waals surface area contributed by atoms with E-state index in [1.807, 2.05) is 60.7 Å². The van der Waals surface area contributed by atoms with Crippen molar-refractivity contribution in [1.82, 2.24) is 14.7 Å². The summed E-state index contributed by atoms with van der Waals surface area (Å²) in [5, 5.41) is 4.53. The Bertz CT molecular complexity index is 894. The van der Waals surface area contributed by atoms with Crippen molar-refractivity contribution in [2.45, 2.75) is 6.54 Å². The zero-order valence-corrected chi connectivity index (χ0v) is 15.8. The molecule has 0 atom stereocenters. The number of anilines is 1. The SMILES string of the molecule is CN(CCn1nc(-c2ccc(Oc3ccccc3)cc2)cc1N)C(=O)CCl. The summed E-state index contributed by atoms with van der Waals surface area (Å²) in [5.74, 6) is 1.92. The third-order valence-electron chi connectivity index (χ3n) is 4.13. The molecule has 1 amide bonds. The number of halogens is 1. The summed E-state index contributed by atoms with van der Waals surface area (Å²) in [6.45, 7) is 0.987. The highest BCUT2D eigenvalue weighted by molar-refractivity contribution is 6.27. The lowest BCUT2D eigenvalue weighted by Gasteiger charge is -2.15. The number of para-hydroxylation sites is 1. The minimum absolute atomic E-state index is 0.0340. The average Bonchev–Trinajstić information content (AvgIpc) is 3.07. The van der Waals surface area contributed by atoms with Crippen LogP contribution in [0.3, 0.4) is 0 Å². The molecule has 0 saturated carbocycles. The van der Waals surface area contributed by atoms with E-state index in [0.717, 1.165) is 22.8 Å². The lowest BCUT2D eigenvalue weighted by atomic mass is 10.1. The zero-order valence-electron chi connectivity index (χ0n) is 15.0. The molecule has 3 rings (SSSR count). The summed E-state index contributed by atoms with van der Waals surface area (Å²) < 4.78 is 7.48. The standard InChI is InChI=1S/C20H21ClN4O2/c1-24(20(26)14-21)11-12-25-19(22)13-18(23-25)15-7-9-17(10-8-15)27-16-5-3-2-4-6-16/h2-10,13H,11-12,14,22H2,1H3. The molecule has 0 aliphatic rings. The Morgan fingerprint density at radius 1 is 1.15 bits per heavy atom. The minimum Gasteiger partial charge on any atom is -0.457 e. The molecule has 0 unspecified atom stereocenters. The maximum atomic E-state index is 11.5. The number of hydrogen-bond donors (Lipinski definition) is 1. The predicted octanol–water partition coefficient (Wildman–Crippen LogP) is 3.62. The Morgan fingerprint density at radius 2 is 1.81 bits per heavy atom. The van der Waals surface area contributed by atoms with Gasteiger partial charge in [-0.25, -0.2) is 4.68 Å². The average molecular weight is 385 g/mol. The van der Waals surface area contributed by atoms with Crippen molar-refractivity contribution in [3.8, 4) is 22.8 Å². The Morgan fingerprint density at radius 3 is 2.48 bits per heavy atom. The maximum absolute atomic E-state index is 11.5. The van der Waals surface area contributed by atoms with Gasteiger partial charge in [0.25, 0.3) is 0 Å². The van der Waals surface area contributed by atoms with E-state index < -0.39 is 0 Å². The largest absolute Gasteiger partial charge is 0.457 e. The van der Waals surface area contributed by atoms with Crippen LogP contribution in [0.5, 0.6) is 11.5 Å². The highest BCUT2D eigenvalue weighted by atomic mass is 35.5. The van der Waals surface area contributed by atoms with Crippen LogP contribution in [0.4, 0.5) is 5.82 Å². The first kappa shape index (κ1) is 18.8. The molecule has 27 heavy (non-hydrogen) atoms. The van der Waals surface area contributed by atoms with Crippen LogP contribution >= 0.6 is 11.6 Å². The lowest BCUT2D eigenvalue weighted by Crippen LogP contribution is -2.31. The first-order valence-corrected chi connectivity index (χ1v) is 9.07. The van der Waals surface area contributed by atoms with Gasteiger partial charge in [-0.15, -0.1) is 11.6 Å². The number of alkyl halides is 1. The molecule has 0 bridgehead atoms. The molecule has 0 saturated heterocycles. The van der Waals surface area contributed by atoms with Gasteiger partial charge in [-0.1, -0.05) is 18.2 Å². The molecule has 0 fully saturated rings. The molecule has 1 heterocycles. The molecule has 0 spiro atoms. The number of nitrogens with zero attached hydrogens (tertiary/aromatic N) is 3. The molecular formula is C20H21ClN4O2. The summed E-state index contributed by atoms with van der Waals surface area (Å²) in [4.78, 5) is 13.1. The van der Waals surface area contributed by atoms with Crippen LogP contribution in [0.25, 0.3) is 11.3 Å². The van der Waals surface area contributed by atoms with E-state index >= 15 is 0 Å². The molecule has 0 aliphatic carbocycles. The molecule has 0 radical (unpaired) electrons. The number of amides is 1. The minimum atomic E-state index is -0.128. The third kappa shape index (κ3) is 4.80. The third-order valence-corrected chi connectivity index (χ3v) is 4.36. The topological polar surface area (TPSA) is 73.4 Å². The monoisotopic (exact) mass is 384 g/mol. The van der Waals surface area contributed by atoms with Gasteiger partial charge in [0.1, 0.15) is 23.2 Å². The van der Waals surface area contributed by atoms with E-state index in [0.29, 0.717) is 18.9 Å². The molecule has 7 heteroatoms. The fourth-order valence-electron chi connectivity index (χ4n) is 2.54. The van der Waals surface area contributed by atoms with E-state index in [2.05, 4.69) is 5.10 Å². The van der Waals surface area contributed by atoms with Gasteiger partial charge in [-0.3, -0.25) is 4.79 Å². The zero-order chi connectivity index (χ0) is 19.2. The predicted molar refractivity (Wildman–Crippen MR) is 107 cm³/mol. The van der Waals surface area contributed by atoms with Gasteiger partial charge in [0, 0.05) is 25.2 Å². The van der Waals surface area contributed by atoms with Crippen molar-refractivity contribution in [3.63, 3.8) is 0 Å². The van der Waals surface area contributed by atoms with E-state index in [-0.39, 0.29) is 11.8 Å². The number of likely N-dealkylation sites (N-methyl/N-ethyl adjacent to an activating group) is 1. The van der Waals surface area contributed by atoms with Gasteiger partial charge in [0.2, 0.25) is 5.91 Å². The summed E-state index contributed by atoms with van der Waals surface area (Å²) in [7, 11) is 1.71. The van der Waals surface area contributed by atoms with Crippen LogP contribution in [0.1, 0.15) is 0 Å². The van der Waals surface area contributed by atoms with Crippen LogP contribution < -0.4 is 10.5 Å². The molecule has 140 valence electrons. The van der Waals surface area contributed by atoms with E-state index in [1.54, 1.807) is 16.6 Å².